The third-order valence-corrected chi connectivity index (χ3v) is 6.74. The van der Waals surface area contributed by atoms with Crippen molar-refractivity contribution >= 4 is 29.1 Å². The Balaban J connectivity index is 0.00000342. The molecule has 1 fully saturated rings. The molecule has 2 unspecified atom stereocenters. The SMILES string of the molecule is CCCN(CCCCNC(=O)c1ccc2ccccc2c1)CC1CC1c1cc(F)ccc1OC.Cl. The van der Waals surface area contributed by atoms with Crippen molar-refractivity contribution in [2.45, 2.75) is 38.5 Å². The first-order chi connectivity index (χ1) is 16.6. The maximum Gasteiger partial charge on any atom is 0.251 e. The summed E-state index contributed by atoms with van der Waals surface area (Å²) in [5.41, 5.74) is 1.71. The molecule has 1 saturated carbocycles. The van der Waals surface area contributed by atoms with Crippen LogP contribution in [0.4, 0.5) is 4.39 Å². The van der Waals surface area contributed by atoms with Gasteiger partial charge < -0.3 is 15.0 Å². The number of hydrogen-bond acceptors (Lipinski definition) is 3. The maximum atomic E-state index is 13.8. The van der Waals surface area contributed by atoms with E-state index in [0.717, 1.165) is 67.4 Å². The minimum absolute atomic E-state index is 0. The van der Waals surface area contributed by atoms with Gasteiger partial charge in [-0.2, -0.15) is 0 Å². The average Bonchev–Trinajstić information content (AvgIpc) is 3.62. The monoisotopic (exact) mass is 498 g/mol. The molecule has 0 heterocycles. The normalized spacial score (nSPS) is 16.7. The highest BCUT2D eigenvalue weighted by molar-refractivity contribution is 5.98. The maximum absolute atomic E-state index is 13.8. The molecule has 35 heavy (non-hydrogen) atoms. The van der Waals surface area contributed by atoms with E-state index in [2.05, 4.69) is 23.2 Å². The lowest BCUT2D eigenvalue weighted by Crippen LogP contribution is -2.29. The number of nitrogens with one attached hydrogen (secondary N) is 1. The van der Waals surface area contributed by atoms with E-state index in [1.54, 1.807) is 19.2 Å². The van der Waals surface area contributed by atoms with Crippen molar-refractivity contribution in [3.8, 4) is 5.75 Å². The Labute approximate surface area is 214 Å². The van der Waals surface area contributed by atoms with Gasteiger partial charge in [-0.05, 0) is 91.7 Å². The minimum atomic E-state index is -0.197. The smallest absolute Gasteiger partial charge is 0.251 e. The van der Waals surface area contributed by atoms with E-state index in [1.807, 2.05) is 36.4 Å². The van der Waals surface area contributed by atoms with Crippen LogP contribution in [-0.4, -0.2) is 44.1 Å². The lowest BCUT2D eigenvalue weighted by molar-refractivity contribution is 0.0952. The van der Waals surface area contributed by atoms with Gasteiger partial charge in [-0.15, -0.1) is 12.4 Å². The van der Waals surface area contributed by atoms with Crippen molar-refractivity contribution in [3.63, 3.8) is 0 Å². The number of carbonyl (C=O) groups excluding carboxylic acids is 1. The second-order valence-corrected chi connectivity index (χ2v) is 9.31. The van der Waals surface area contributed by atoms with E-state index in [-0.39, 0.29) is 24.1 Å². The van der Waals surface area contributed by atoms with Crippen LogP contribution in [0.25, 0.3) is 10.8 Å². The summed E-state index contributed by atoms with van der Waals surface area (Å²) in [6.45, 7) is 5.99. The number of unbranched alkanes of at least 4 members (excludes halogenated alkanes) is 1. The van der Waals surface area contributed by atoms with Gasteiger partial charge in [-0.25, -0.2) is 4.39 Å². The largest absolute Gasteiger partial charge is 0.496 e. The first-order valence-electron chi connectivity index (χ1n) is 12.4. The van der Waals surface area contributed by atoms with Crippen LogP contribution in [0.3, 0.4) is 0 Å². The van der Waals surface area contributed by atoms with Gasteiger partial charge in [0.05, 0.1) is 7.11 Å². The Bertz CT molecular complexity index is 1120. The Morgan fingerprint density at radius 2 is 1.86 bits per heavy atom. The number of ether oxygens (including phenoxy) is 1. The minimum Gasteiger partial charge on any atom is -0.496 e. The highest BCUT2D eigenvalue weighted by atomic mass is 35.5. The molecule has 0 aliphatic heterocycles. The zero-order valence-electron chi connectivity index (χ0n) is 20.6. The van der Waals surface area contributed by atoms with E-state index < -0.39 is 0 Å². The second kappa shape index (κ2) is 12.9. The van der Waals surface area contributed by atoms with E-state index >= 15 is 0 Å². The predicted molar refractivity (Wildman–Crippen MR) is 143 cm³/mol. The fourth-order valence-electron chi connectivity index (χ4n) is 4.86. The van der Waals surface area contributed by atoms with Crippen molar-refractivity contribution < 1.29 is 13.9 Å². The van der Waals surface area contributed by atoms with Crippen molar-refractivity contribution in [2.75, 3.05) is 33.3 Å². The first-order valence-corrected chi connectivity index (χ1v) is 12.4. The summed E-state index contributed by atoms with van der Waals surface area (Å²) in [5, 5.41) is 5.29. The number of carbonyl (C=O) groups is 1. The Morgan fingerprint density at radius 3 is 2.63 bits per heavy atom. The highest BCUT2D eigenvalue weighted by Gasteiger charge is 2.40. The molecule has 1 aliphatic carbocycles. The van der Waals surface area contributed by atoms with E-state index in [0.29, 0.717) is 23.9 Å². The molecule has 6 heteroatoms. The van der Waals surface area contributed by atoms with Crippen molar-refractivity contribution in [3.05, 3.63) is 77.6 Å². The van der Waals surface area contributed by atoms with Gasteiger partial charge in [0.25, 0.3) is 5.91 Å². The number of methoxy groups -OCH3 is 1. The predicted octanol–water partition coefficient (Wildman–Crippen LogP) is 6.44. The molecule has 4 nitrogen and oxygen atoms in total. The second-order valence-electron chi connectivity index (χ2n) is 9.31. The molecule has 4 rings (SSSR count). The van der Waals surface area contributed by atoms with Gasteiger partial charge in [0.15, 0.2) is 0 Å². The van der Waals surface area contributed by atoms with Crippen molar-refractivity contribution in [1.29, 1.82) is 0 Å². The molecule has 0 radical (unpaired) electrons. The van der Waals surface area contributed by atoms with Crippen LogP contribution < -0.4 is 10.1 Å². The summed E-state index contributed by atoms with van der Waals surface area (Å²) in [6.07, 6.45) is 4.19. The molecule has 3 aromatic rings. The molecular formula is C29H36ClFN2O2. The Morgan fingerprint density at radius 1 is 1.06 bits per heavy atom. The fourth-order valence-corrected chi connectivity index (χ4v) is 4.86. The third-order valence-electron chi connectivity index (χ3n) is 6.74. The number of benzene rings is 3. The molecule has 0 saturated heterocycles. The van der Waals surface area contributed by atoms with Crippen molar-refractivity contribution in [1.82, 2.24) is 10.2 Å². The topological polar surface area (TPSA) is 41.6 Å². The summed E-state index contributed by atoms with van der Waals surface area (Å²) in [4.78, 5) is 15.0. The lowest BCUT2D eigenvalue weighted by atomic mass is 10.1. The number of rotatable bonds is 12. The number of nitrogens with zero attached hydrogens (tertiary/aromatic N) is 1. The zero-order valence-corrected chi connectivity index (χ0v) is 21.5. The quantitative estimate of drug-likeness (QED) is 0.292. The molecular weight excluding hydrogens is 463 g/mol. The van der Waals surface area contributed by atoms with Gasteiger partial charge >= 0.3 is 0 Å². The number of halogens is 2. The summed E-state index contributed by atoms with van der Waals surface area (Å²) in [6, 6.07) is 18.7. The van der Waals surface area contributed by atoms with Crippen LogP contribution in [-0.2, 0) is 0 Å². The van der Waals surface area contributed by atoms with Gasteiger partial charge in [-0.1, -0.05) is 37.3 Å². The van der Waals surface area contributed by atoms with Gasteiger partial charge in [0.1, 0.15) is 11.6 Å². The van der Waals surface area contributed by atoms with Gasteiger partial charge in [-0.3, -0.25) is 4.79 Å². The fraction of sp³-hybridized carbons (Fsp3) is 0.414. The molecule has 0 aromatic heterocycles. The van der Waals surface area contributed by atoms with E-state index in [9.17, 15) is 9.18 Å². The summed E-state index contributed by atoms with van der Waals surface area (Å²) < 4.78 is 19.2. The van der Waals surface area contributed by atoms with Crippen LogP contribution in [0.5, 0.6) is 5.75 Å². The average molecular weight is 499 g/mol. The Hall–Kier alpha value is -2.63. The lowest BCUT2D eigenvalue weighted by Gasteiger charge is -2.22. The molecule has 1 N–H and O–H groups in total. The molecule has 3 aromatic carbocycles. The van der Waals surface area contributed by atoms with Crippen LogP contribution in [0.15, 0.2) is 60.7 Å². The standard InChI is InChI=1S/C29H35FN2O2.ClH/c1-3-15-32(20-24-18-26(24)27-19-25(30)12-13-28(27)34-2)16-7-6-14-31-29(33)23-11-10-21-8-4-5-9-22(21)17-23;/h4-5,8-13,17,19,24,26H,3,6-7,14-16,18,20H2,1-2H3,(H,31,33);1H. The zero-order chi connectivity index (χ0) is 23.9. The van der Waals surface area contributed by atoms with Crippen LogP contribution >= 0.6 is 12.4 Å². The molecule has 188 valence electrons. The molecule has 0 bridgehead atoms. The third kappa shape index (κ3) is 7.18. The van der Waals surface area contributed by atoms with E-state index in [4.69, 9.17) is 4.74 Å². The molecule has 1 amide bonds. The number of hydrogen-bond donors (Lipinski definition) is 1. The van der Waals surface area contributed by atoms with Crippen molar-refractivity contribution in [2.24, 2.45) is 5.92 Å². The molecule has 0 spiro atoms. The summed E-state index contributed by atoms with van der Waals surface area (Å²) in [7, 11) is 1.65. The van der Waals surface area contributed by atoms with Crippen LogP contribution in [0.2, 0.25) is 0 Å². The number of amides is 1. The summed E-state index contributed by atoms with van der Waals surface area (Å²) >= 11 is 0. The number of fused-ring (bicyclic) bond motifs is 1. The van der Waals surface area contributed by atoms with E-state index in [1.165, 1.54) is 6.07 Å². The van der Waals surface area contributed by atoms with Gasteiger partial charge in [0.2, 0.25) is 0 Å². The highest BCUT2D eigenvalue weighted by Crippen LogP contribution is 2.50. The molecule has 2 atom stereocenters. The van der Waals surface area contributed by atoms with Crippen LogP contribution in [0, 0.1) is 11.7 Å². The van der Waals surface area contributed by atoms with Gasteiger partial charge in [0, 0.05) is 24.2 Å². The Kier molecular flexibility index (Phi) is 9.93. The molecule has 1 aliphatic rings. The van der Waals surface area contributed by atoms with Crippen LogP contribution in [0.1, 0.15) is 54.4 Å². The summed E-state index contributed by atoms with van der Waals surface area (Å²) in [5.74, 6) is 1.51. The first kappa shape index (κ1) is 27.0.